The van der Waals surface area contributed by atoms with Crippen LogP contribution in [0.3, 0.4) is 0 Å². The third-order valence-corrected chi connectivity index (χ3v) is 4.63. The number of hydrogen-bond acceptors (Lipinski definition) is 4. The van der Waals surface area contributed by atoms with Crippen molar-refractivity contribution in [3.05, 3.63) is 0 Å². The summed E-state index contributed by atoms with van der Waals surface area (Å²) >= 11 is 0. The van der Waals surface area contributed by atoms with Crippen LogP contribution in [0.2, 0.25) is 0 Å². The van der Waals surface area contributed by atoms with Gasteiger partial charge in [-0.05, 0) is 24.7 Å². The number of carboxylic acids is 1. The molecule has 0 aromatic rings. The van der Waals surface area contributed by atoms with Crippen molar-refractivity contribution >= 4 is 18.3 Å². The van der Waals surface area contributed by atoms with Crippen LogP contribution < -0.4 is 0 Å². The van der Waals surface area contributed by atoms with Gasteiger partial charge in [-0.2, -0.15) is 0 Å². The molecule has 2 amide bonds. The lowest BCUT2D eigenvalue weighted by Gasteiger charge is -2.28. The Bertz CT molecular complexity index is 427. The highest BCUT2D eigenvalue weighted by Gasteiger charge is 2.42. The molecule has 1 rings (SSSR count). The zero-order chi connectivity index (χ0) is 17.6. The van der Waals surface area contributed by atoms with Gasteiger partial charge < -0.3 is 10.0 Å². The molecule has 1 saturated heterocycles. The maximum absolute atomic E-state index is 12.8. The molecule has 1 heterocycles. The highest BCUT2D eigenvalue weighted by atomic mass is 16.5. The van der Waals surface area contributed by atoms with Crippen LogP contribution in [0.1, 0.15) is 46.5 Å². The van der Waals surface area contributed by atoms with Crippen LogP contribution in [-0.4, -0.2) is 57.7 Å². The molecule has 0 unspecified atom stereocenters. The smallest absolute Gasteiger partial charge is 0.326 e. The van der Waals surface area contributed by atoms with E-state index in [1.165, 1.54) is 4.90 Å². The maximum Gasteiger partial charge on any atom is 0.326 e. The summed E-state index contributed by atoms with van der Waals surface area (Å²) in [5, 5.41) is 19.3. The van der Waals surface area contributed by atoms with Gasteiger partial charge in [-0.25, -0.2) is 9.86 Å². The van der Waals surface area contributed by atoms with E-state index in [1.807, 2.05) is 20.8 Å². The fourth-order valence-electron chi connectivity index (χ4n) is 3.08. The lowest BCUT2D eigenvalue weighted by molar-refractivity contribution is -0.159. The molecule has 1 fully saturated rings. The van der Waals surface area contributed by atoms with Crippen LogP contribution in [-0.2, 0) is 14.4 Å². The van der Waals surface area contributed by atoms with E-state index >= 15 is 0 Å². The summed E-state index contributed by atoms with van der Waals surface area (Å²) in [4.78, 5) is 36.3. The van der Waals surface area contributed by atoms with Crippen LogP contribution in [0.25, 0.3) is 0 Å². The number of carboxylic acid groups (broad SMARTS) is 1. The summed E-state index contributed by atoms with van der Waals surface area (Å²) in [5.41, 5.74) is 0. The summed E-state index contributed by atoms with van der Waals surface area (Å²) in [7, 11) is 0. The van der Waals surface area contributed by atoms with Gasteiger partial charge >= 0.3 is 5.97 Å². The second kappa shape index (κ2) is 8.86. The van der Waals surface area contributed by atoms with E-state index in [1.54, 1.807) is 0 Å². The molecule has 0 aromatic heterocycles. The van der Waals surface area contributed by atoms with E-state index in [2.05, 4.69) is 0 Å². The molecular formula is C16H28N2O5. The molecule has 0 aromatic carbocycles. The third-order valence-electron chi connectivity index (χ3n) is 4.63. The number of carbonyl (C=O) groups is 3. The zero-order valence-electron chi connectivity index (χ0n) is 14.1. The molecule has 23 heavy (non-hydrogen) atoms. The number of unbranched alkanes of at least 4 members (excludes halogenated alkanes) is 1. The Morgan fingerprint density at radius 3 is 2.52 bits per heavy atom. The Hall–Kier alpha value is -1.63. The zero-order valence-corrected chi connectivity index (χ0v) is 14.1. The van der Waals surface area contributed by atoms with Crippen molar-refractivity contribution in [2.75, 3.05) is 13.1 Å². The molecule has 1 aliphatic rings. The van der Waals surface area contributed by atoms with Crippen molar-refractivity contribution in [2.24, 2.45) is 17.8 Å². The molecule has 3 atom stereocenters. The van der Waals surface area contributed by atoms with Crippen molar-refractivity contribution in [1.82, 2.24) is 9.96 Å². The highest BCUT2D eigenvalue weighted by molar-refractivity contribution is 5.86. The number of hydroxylamine groups is 2. The number of hydrogen-bond donors (Lipinski definition) is 2. The van der Waals surface area contributed by atoms with E-state index < -0.39 is 17.9 Å². The topological polar surface area (TPSA) is 98.2 Å². The van der Waals surface area contributed by atoms with Crippen LogP contribution in [0.5, 0.6) is 0 Å². The minimum Gasteiger partial charge on any atom is -0.480 e. The van der Waals surface area contributed by atoms with E-state index in [9.17, 15) is 24.7 Å². The standard InChI is InChI=1S/C16H28N2O5/c1-4-5-6-12(8-17(23)10-19)15(20)18-9-13(11(2)3)7-14(18)16(21)22/h10-14,23H,4-9H2,1-3H3,(H,21,22)/t12-,13+,14+/m1/s1. The second-order valence-electron chi connectivity index (χ2n) is 6.65. The molecule has 7 nitrogen and oxygen atoms in total. The molecule has 0 spiro atoms. The Balaban J connectivity index is 2.90. The van der Waals surface area contributed by atoms with Crippen molar-refractivity contribution in [3.63, 3.8) is 0 Å². The average molecular weight is 328 g/mol. The number of rotatable bonds is 9. The van der Waals surface area contributed by atoms with Gasteiger partial charge in [0, 0.05) is 6.54 Å². The van der Waals surface area contributed by atoms with Gasteiger partial charge in [0.15, 0.2) is 0 Å². The second-order valence-corrected chi connectivity index (χ2v) is 6.65. The van der Waals surface area contributed by atoms with Gasteiger partial charge in [0.05, 0.1) is 12.5 Å². The Morgan fingerprint density at radius 1 is 1.39 bits per heavy atom. The first-order valence-electron chi connectivity index (χ1n) is 8.25. The number of amides is 2. The molecule has 1 aliphatic heterocycles. The number of nitrogens with zero attached hydrogens (tertiary/aromatic N) is 2. The summed E-state index contributed by atoms with van der Waals surface area (Å²) in [6.45, 7) is 6.35. The number of likely N-dealkylation sites (tertiary alicyclic amines) is 1. The number of aliphatic carboxylic acids is 1. The molecule has 2 N–H and O–H groups in total. The number of carbonyl (C=O) groups excluding carboxylic acids is 2. The largest absolute Gasteiger partial charge is 0.480 e. The Morgan fingerprint density at radius 2 is 2.04 bits per heavy atom. The summed E-state index contributed by atoms with van der Waals surface area (Å²) in [5.74, 6) is -1.39. The van der Waals surface area contributed by atoms with Gasteiger partial charge in [0.25, 0.3) is 0 Å². The van der Waals surface area contributed by atoms with Crippen molar-refractivity contribution in [2.45, 2.75) is 52.5 Å². The normalized spacial score (nSPS) is 22.2. The lowest BCUT2D eigenvalue weighted by Crippen LogP contribution is -2.46. The van der Waals surface area contributed by atoms with E-state index in [0.717, 1.165) is 12.8 Å². The molecule has 132 valence electrons. The first-order chi connectivity index (χ1) is 10.8. The van der Waals surface area contributed by atoms with Crippen LogP contribution >= 0.6 is 0 Å². The summed E-state index contributed by atoms with van der Waals surface area (Å²) in [6.07, 6.45) is 2.91. The molecular weight excluding hydrogens is 300 g/mol. The van der Waals surface area contributed by atoms with Crippen molar-refractivity contribution in [1.29, 1.82) is 0 Å². The van der Waals surface area contributed by atoms with Crippen molar-refractivity contribution < 1.29 is 24.7 Å². The van der Waals surface area contributed by atoms with Gasteiger partial charge in [-0.1, -0.05) is 33.6 Å². The SMILES string of the molecule is CCCC[C@H](CN(O)C=O)C(=O)N1C[C@@H](C(C)C)C[C@H]1C(=O)O. The minimum absolute atomic E-state index is 0.0997. The van der Waals surface area contributed by atoms with Gasteiger partial charge in [0.2, 0.25) is 12.3 Å². The van der Waals surface area contributed by atoms with Gasteiger partial charge in [-0.15, -0.1) is 0 Å². The Kier molecular flexibility index (Phi) is 7.48. The summed E-state index contributed by atoms with van der Waals surface area (Å²) in [6, 6.07) is -0.817. The van der Waals surface area contributed by atoms with Crippen LogP contribution in [0.4, 0.5) is 0 Å². The molecule has 0 bridgehead atoms. The minimum atomic E-state index is -0.994. The van der Waals surface area contributed by atoms with Crippen LogP contribution in [0, 0.1) is 17.8 Å². The highest BCUT2D eigenvalue weighted by Crippen LogP contribution is 2.31. The van der Waals surface area contributed by atoms with E-state index in [4.69, 9.17) is 0 Å². The fourth-order valence-corrected chi connectivity index (χ4v) is 3.08. The van der Waals surface area contributed by atoms with Crippen molar-refractivity contribution in [3.8, 4) is 0 Å². The maximum atomic E-state index is 12.8. The monoisotopic (exact) mass is 328 g/mol. The lowest BCUT2D eigenvalue weighted by atomic mass is 9.93. The van der Waals surface area contributed by atoms with Gasteiger partial charge in [-0.3, -0.25) is 14.8 Å². The first kappa shape index (κ1) is 19.4. The van der Waals surface area contributed by atoms with Crippen LogP contribution in [0.15, 0.2) is 0 Å². The summed E-state index contributed by atoms with van der Waals surface area (Å²) < 4.78 is 0. The molecule has 0 radical (unpaired) electrons. The molecule has 0 saturated carbocycles. The third kappa shape index (κ3) is 5.20. The van der Waals surface area contributed by atoms with Gasteiger partial charge in [0.1, 0.15) is 6.04 Å². The Labute approximate surface area is 137 Å². The predicted octanol–water partition coefficient (Wildman–Crippen LogP) is 1.60. The fraction of sp³-hybridized carbons (Fsp3) is 0.812. The molecule has 0 aliphatic carbocycles. The first-order valence-corrected chi connectivity index (χ1v) is 8.25. The quantitative estimate of drug-likeness (QED) is 0.380. The average Bonchev–Trinajstić information content (AvgIpc) is 2.96. The molecule has 7 heteroatoms. The van der Waals surface area contributed by atoms with E-state index in [-0.39, 0.29) is 24.8 Å². The predicted molar refractivity (Wildman–Crippen MR) is 83.7 cm³/mol. The van der Waals surface area contributed by atoms with E-state index in [0.29, 0.717) is 30.4 Å².